The largest absolute Gasteiger partial charge is 0.383 e. The summed E-state index contributed by atoms with van der Waals surface area (Å²) < 4.78 is 7.03. The Kier molecular flexibility index (Phi) is 5.95. The lowest BCUT2D eigenvalue weighted by atomic mass is 10.1. The highest BCUT2D eigenvalue weighted by atomic mass is 16.5. The molecule has 1 fully saturated rings. The van der Waals surface area contributed by atoms with Crippen LogP contribution in [0, 0.1) is 5.92 Å². The summed E-state index contributed by atoms with van der Waals surface area (Å²) in [5.41, 5.74) is 1.96. The highest BCUT2D eigenvalue weighted by Crippen LogP contribution is 2.17. The SMILES string of the molecule is COCCN1C[C@H](CNC(=O)N(C)Cc2nc3ccccc3n2C)CC1=O. The lowest BCUT2D eigenvalue weighted by Gasteiger charge is -2.20. The quantitative estimate of drug-likeness (QED) is 0.791. The molecule has 1 atom stereocenters. The van der Waals surface area contributed by atoms with Crippen molar-refractivity contribution < 1.29 is 14.3 Å². The number of aromatic nitrogens is 2. The van der Waals surface area contributed by atoms with Gasteiger partial charge in [0.15, 0.2) is 0 Å². The molecule has 146 valence electrons. The Morgan fingerprint density at radius 1 is 1.41 bits per heavy atom. The molecule has 0 aliphatic carbocycles. The second-order valence-electron chi connectivity index (χ2n) is 7.02. The fourth-order valence-electron chi connectivity index (χ4n) is 3.40. The van der Waals surface area contributed by atoms with Crippen LogP contribution in [0.2, 0.25) is 0 Å². The number of nitrogens with one attached hydrogen (secondary N) is 1. The first-order valence-electron chi connectivity index (χ1n) is 9.15. The number of benzene rings is 1. The molecule has 0 radical (unpaired) electrons. The van der Waals surface area contributed by atoms with Crippen LogP contribution < -0.4 is 5.32 Å². The summed E-state index contributed by atoms with van der Waals surface area (Å²) in [4.78, 5) is 32.4. The van der Waals surface area contributed by atoms with Gasteiger partial charge in [-0.05, 0) is 12.1 Å². The molecule has 2 aromatic rings. The van der Waals surface area contributed by atoms with Crippen molar-refractivity contribution in [2.75, 3.05) is 40.4 Å². The predicted octanol–water partition coefficient (Wildman–Crippen LogP) is 1.21. The van der Waals surface area contributed by atoms with E-state index < -0.39 is 0 Å². The van der Waals surface area contributed by atoms with E-state index in [9.17, 15) is 9.59 Å². The molecule has 0 saturated carbocycles. The van der Waals surface area contributed by atoms with Crippen molar-refractivity contribution >= 4 is 23.0 Å². The van der Waals surface area contributed by atoms with Crippen molar-refractivity contribution in [3.05, 3.63) is 30.1 Å². The van der Waals surface area contributed by atoms with Gasteiger partial charge in [-0.1, -0.05) is 12.1 Å². The zero-order valence-corrected chi connectivity index (χ0v) is 16.1. The molecule has 0 bridgehead atoms. The Hall–Kier alpha value is -2.61. The van der Waals surface area contributed by atoms with Gasteiger partial charge in [0.05, 0.1) is 24.2 Å². The van der Waals surface area contributed by atoms with Gasteiger partial charge in [0.25, 0.3) is 0 Å². The molecule has 1 aliphatic rings. The van der Waals surface area contributed by atoms with Crippen LogP contribution >= 0.6 is 0 Å². The summed E-state index contributed by atoms with van der Waals surface area (Å²) in [6.45, 7) is 2.70. The van der Waals surface area contributed by atoms with E-state index >= 15 is 0 Å². The summed E-state index contributed by atoms with van der Waals surface area (Å²) in [5, 5.41) is 2.93. The van der Waals surface area contributed by atoms with Gasteiger partial charge in [0.1, 0.15) is 5.82 Å². The van der Waals surface area contributed by atoms with Crippen LogP contribution in [0.15, 0.2) is 24.3 Å². The maximum Gasteiger partial charge on any atom is 0.317 e. The molecule has 3 rings (SSSR count). The van der Waals surface area contributed by atoms with E-state index in [4.69, 9.17) is 4.74 Å². The monoisotopic (exact) mass is 373 g/mol. The minimum absolute atomic E-state index is 0.124. The third-order valence-electron chi connectivity index (χ3n) is 5.01. The maximum atomic E-state index is 12.4. The van der Waals surface area contributed by atoms with Gasteiger partial charge in [-0.15, -0.1) is 0 Å². The second kappa shape index (κ2) is 8.39. The molecule has 1 N–H and O–H groups in total. The third kappa shape index (κ3) is 4.39. The lowest BCUT2D eigenvalue weighted by Crippen LogP contribution is -2.40. The normalized spacial score (nSPS) is 16.9. The Labute approximate surface area is 159 Å². The Balaban J connectivity index is 1.51. The highest BCUT2D eigenvalue weighted by molar-refractivity contribution is 5.79. The van der Waals surface area contributed by atoms with E-state index in [2.05, 4.69) is 10.3 Å². The standard InChI is InChI=1S/C19H27N5O3/c1-22(13-17-21-15-6-4-5-7-16(15)23(17)2)19(26)20-11-14-10-18(25)24(12-14)8-9-27-3/h4-7,14H,8-13H2,1-3H3,(H,20,26)/t14-/m0/s1. The Morgan fingerprint density at radius 3 is 2.93 bits per heavy atom. The van der Waals surface area contributed by atoms with E-state index in [1.807, 2.05) is 35.9 Å². The number of hydrogen-bond donors (Lipinski definition) is 1. The molecule has 0 unspecified atom stereocenters. The fraction of sp³-hybridized carbons (Fsp3) is 0.526. The zero-order valence-electron chi connectivity index (χ0n) is 16.1. The number of fused-ring (bicyclic) bond motifs is 1. The van der Waals surface area contributed by atoms with Crippen LogP contribution in [0.1, 0.15) is 12.2 Å². The number of urea groups is 1. The van der Waals surface area contributed by atoms with Gasteiger partial charge in [-0.3, -0.25) is 4.79 Å². The van der Waals surface area contributed by atoms with E-state index in [0.29, 0.717) is 39.2 Å². The number of carbonyl (C=O) groups excluding carboxylic acids is 2. The summed E-state index contributed by atoms with van der Waals surface area (Å²) >= 11 is 0. The molecule has 8 nitrogen and oxygen atoms in total. The number of likely N-dealkylation sites (tertiary alicyclic amines) is 1. The molecule has 27 heavy (non-hydrogen) atoms. The van der Waals surface area contributed by atoms with Crippen molar-refractivity contribution in [2.24, 2.45) is 13.0 Å². The number of methoxy groups -OCH3 is 1. The molecule has 1 aromatic carbocycles. The van der Waals surface area contributed by atoms with Gasteiger partial charge in [0.2, 0.25) is 5.91 Å². The van der Waals surface area contributed by atoms with Gasteiger partial charge in [-0.25, -0.2) is 9.78 Å². The molecule has 0 spiro atoms. The number of rotatable bonds is 7. The number of nitrogens with zero attached hydrogens (tertiary/aromatic N) is 4. The average Bonchev–Trinajstić information content (AvgIpc) is 3.18. The van der Waals surface area contributed by atoms with Crippen LogP contribution in [0.4, 0.5) is 4.79 Å². The Bertz CT molecular complexity index is 819. The minimum atomic E-state index is -0.162. The van der Waals surface area contributed by atoms with E-state index in [1.54, 1.807) is 24.0 Å². The molecule has 1 aromatic heterocycles. The number of imidazole rings is 1. The molecule has 1 saturated heterocycles. The summed E-state index contributed by atoms with van der Waals surface area (Å²) in [5.74, 6) is 1.09. The van der Waals surface area contributed by atoms with Gasteiger partial charge in [-0.2, -0.15) is 0 Å². The number of para-hydroxylation sites is 2. The van der Waals surface area contributed by atoms with E-state index in [-0.39, 0.29) is 17.9 Å². The van der Waals surface area contributed by atoms with Crippen LogP contribution in [0.25, 0.3) is 11.0 Å². The number of carbonyl (C=O) groups is 2. The lowest BCUT2D eigenvalue weighted by molar-refractivity contribution is -0.128. The first kappa shape index (κ1) is 19.2. The van der Waals surface area contributed by atoms with E-state index in [0.717, 1.165) is 16.9 Å². The number of hydrogen-bond acceptors (Lipinski definition) is 4. The van der Waals surface area contributed by atoms with E-state index in [1.165, 1.54) is 0 Å². The highest BCUT2D eigenvalue weighted by Gasteiger charge is 2.29. The van der Waals surface area contributed by atoms with Crippen molar-refractivity contribution in [3.8, 4) is 0 Å². The molecule has 2 heterocycles. The van der Waals surface area contributed by atoms with Crippen molar-refractivity contribution in [3.63, 3.8) is 0 Å². The minimum Gasteiger partial charge on any atom is -0.383 e. The zero-order chi connectivity index (χ0) is 19.4. The molecule has 8 heteroatoms. The van der Waals surface area contributed by atoms with Crippen molar-refractivity contribution in [1.82, 2.24) is 24.7 Å². The number of aryl methyl sites for hydroxylation is 1. The molecule has 3 amide bonds. The predicted molar refractivity (Wildman–Crippen MR) is 102 cm³/mol. The maximum absolute atomic E-state index is 12.4. The van der Waals surface area contributed by atoms with Gasteiger partial charge < -0.3 is 24.4 Å². The Morgan fingerprint density at radius 2 is 2.19 bits per heavy atom. The summed E-state index contributed by atoms with van der Waals surface area (Å²) in [6, 6.07) is 7.74. The summed E-state index contributed by atoms with van der Waals surface area (Å²) in [6.07, 6.45) is 0.471. The van der Waals surface area contributed by atoms with Crippen LogP contribution in [0.5, 0.6) is 0 Å². The molecular weight excluding hydrogens is 346 g/mol. The fourth-order valence-corrected chi connectivity index (χ4v) is 3.40. The van der Waals surface area contributed by atoms with Gasteiger partial charge in [0, 0.05) is 53.2 Å². The van der Waals surface area contributed by atoms with Crippen LogP contribution in [0.3, 0.4) is 0 Å². The molecular formula is C19H27N5O3. The average molecular weight is 373 g/mol. The smallest absolute Gasteiger partial charge is 0.317 e. The molecule has 1 aliphatic heterocycles. The number of ether oxygens (including phenoxy) is 1. The van der Waals surface area contributed by atoms with Crippen LogP contribution in [-0.2, 0) is 23.1 Å². The summed E-state index contributed by atoms with van der Waals surface area (Å²) in [7, 11) is 5.33. The van der Waals surface area contributed by atoms with Crippen molar-refractivity contribution in [2.45, 2.75) is 13.0 Å². The van der Waals surface area contributed by atoms with Crippen molar-refractivity contribution in [1.29, 1.82) is 0 Å². The number of amides is 3. The third-order valence-corrected chi connectivity index (χ3v) is 5.01. The van der Waals surface area contributed by atoms with Gasteiger partial charge >= 0.3 is 6.03 Å². The topological polar surface area (TPSA) is 79.7 Å². The first-order chi connectivity index (χ1) is 13.0. The van der Waals surface area contributed by atoms with Crippen LogP contribution in [-0.4, -0.2) is 71.7 Å². The second-order valence-corrected chi connectivity index (χ2v) is 7.02. The first-order valence-corrected chi connectivity index (χ1v) is 9.15.